The Hall–Kier alpha value is -1.15. The number of para-hydroxylation sites is 2. The summed E-state index contributed by atoms with van der Waals surface area (Å²) >= 11 is 0.786. The van der Waals surface area contributed by atoms with Crippen molar-refractivity contribution in [2.24, 2.45) is 0 Å². The molecule has 0 atom stereocenters. The molecular formula is C32H22K2N2O6S2. The summed E-state index contributed by atoms with van der Waals surface area (Å²) in [5, 5.41) is 23.4. The third kappa shape index (κ3) is 7.86. The molecule has 0 fully saturated rings. The van der Waals surface area contributed by atoms with Crippen LogP contribution in [0, 0.1) is 0 Å². The van der Waals surface area contributed by atoms with Gasteiger partial charge in [-0.05, 0) is 70.4 Å². The molecule has 0 saturated carbocycles. The van der Waals surface area contributed by atoms with Crippen LogP contribution in [0.2, 0.25) is 0 Å². The van der Waals surface area contributed by atoms with Crippen LogP contribution in [0.1, 0.15) is 0 Å². The van der Waals surface area contributed by atoms with Crippen LogP contribution in [0.4, 0.5) is 22.7 Å². The molecule has 0 radical (unpaired) electrons. The summed E-state index contributed by atoms with van der Waals surface area (Å²) in [6.07, 6.45) is 0. The van der Waals surface area contributed by atoms with E-state index in [-0.39, 0.29) is 108 Å². The third-order valence-corrected chi connectivity index (χ3v) is 8.34. The van der Waals surface area contributed by atoms with Gasteiger partial charge in [0.05, 0.1) is 16.9 Å². The number of fused-ring (bicyclic) bond motifs is 2. The summed E-state index contributed by atoms with van der Waals surface area (Å²) in [6, 6.07) is 36.7. The zero-order valence-corrected chi connectivity index (χ0v) is 31.7. The largest absolute Gasteiger partial charge is 1.00 e. The van der Waals surface area contributed by atoms with Crippen LogP contribution in [0.5, 0.6) is 0 Å². The number of benzene rings is 6. The number of hydrogen-bond donors (Lipinski definition) is 2. The molecule has 6 rings (SSSR count). The van der Waals surface area contributed by atoms with Crippen molar-refractivity contribution in [2.45, 2.75) is 9.79 Å². The quantitative estimate of drug-likeness (QED) is 0.0770. The Kier molecular flexibility index (Phi) is 13.1. The van der Waals surface area contributed by atoms with E-state index in [1.54, 1.807) is 24.3 Å². The van der Waals surface area contributed by atoms with E-state index in [4.69, 9.17) is 4.33 Å². The second kappa shape index (κ2) is 16.1. The molecule has 0 aliphatic rings. The molecule has 0 unspecified atom stereocenters. The smallest absolute Gasteiger partial charge is 0.744 e. The molecule has 210 valence electrons. The first-order chi connectivity index (χ1) is 20.4. The summed E-state index contributed by atoms with van der Waals surface area (Å²) in [5.74, 6) is 0. The molecule has 0 heterocycles. The molecule has 0 saturated heterocycles. The van der Waals surface area contributed by atoms with Crippen LogP contribution in [0.25, 0.3) is 32.7 Å². The number of hydrogen-bond acceptors (Lipinski definition) is 9. The molecule has 0 aliphatic heterocycles. The Morgan fingerprint density at radius 3 is 1.61 bits per heavy atom. The maximum Gasteiger partial charge on any atom is 1.00 e. The predicted octanol–water partition coefficient (Wildman–Crippen LogP) is 1.29. The van der Waals surface area contributed by atoms with Crippen LogP contribution in [-0.4, -0.2) is 13.0 Å². The van der Waals surface area contributed by atoms with Gasteiger partial charge in [-0.2, -0.15) is 4.33 Å². The molecule has 44 heavy (non-hydrogen) atoms. The minimum atomic E-state index is -4.81. The van der Waals surface area contributed by atoms with Crippen LogP contribution in [0.15, 0.2) is 131 Å². The second-order valence-corrected chi connectivity index (χ2v) is 11.4. The summed E-state index contributed by atoms with van der Waals surface area (Å²) in [5.41, 5.74) is 4.35. The molecule has 6 aromatic carbocycles. The van der Waals surface area contributed by atoms with Gasteiger partial charge in [-0.3, -0.25) is 5.04 Å². The summed E-state index contributed by atoms with van der Waals surface area (Å²) in [4.78, 5) is 0.308. The number of anilines is 4. The van der Waals surface area contributed by atoms with Crippen molar-refractivity contribution in [2.75, 3.05) is 10.6 Å². The standard InChI is InChI=1S/C32H24N2O6S2.2K/c35-39-40-41-29-15-7-13-25-23(17-19-27(31(25)29)33-21-9-3-1-4-10-21)24-18-20-28(34-22-11-5-2-6-12-22)32-26(24)14-8-16-30(32)42(36,37)38;;/h1-20,33-35H,(H,36,37,38);;/q;2*+1/p-2. The Labute approximate surface area is 344 Å². The van der Waals surface area contributed by atoms with Crippen LogP contribution >= 0.6 is 12.0 Å². The normalized spacial score (nSPS) is 11.0. The predicted molar refractivity (Wildman–Crippen MR) is 162 cm³/mol. The van der Waals surface area contributed by atoms with Crippen molar-refractivity contribution in [3.63, 3.8) is 0 Å². The first-order valence-electron chi connectivity index (χ1n) is 12.8. The Morgan fingerprint density at radius 2 is 1.09 bits per heavy atom. The van der Waals surface area contributed by atoms with E-state index in [0.29, 0.717) is 26.9 Å². The molecule has 0 aliphatic carbocycles. The van der Waals surface area contributed by atoms with Gasteiger partial charge in [-0.1, -0.05) is 72.8 Å². The zero-order chi connectivity index (χ0) is 29.1. The van der Waals surface area contributed by atoms with E-state index in [1.807, 2.05) is 91.0 Å². The molecule has 2 N–H and O–H groups in total. The van der Waals surface area contributed by atoms with E-state index in [9.17, 15) is 18.2 Å². The van der Waals surface area contributed by atoms with Crippen LogP contribution in [-0.2, 0) is 19.5 Å². The Morgan fingerprint density at radius 1 is 0.591 bits per heavy atom. The second-order valence-electron chi connectivity index (χ2n) is 9.33. The van der Waals surface area contributed by atoms with Gasteiger partial charge < -0.3 is 20.4 Å². The Bertz CT molecular complexity index is 2020. The first-order valence-corrected chi connectivity index (χ1v) is 14.9. The summed E-state index contributed by atoms with van der Waals surface area (Å²) < 4.78 is 42.0. The molecule has 8 nitrogen and oxygen atoms in total. The topological polar surface area (TPSA) is 123 Å². The van der Waals surface area contributed by atoms with Crippen LogP contribution in [0.3, 0.4) is 0 Å². The van der Waals surface area contributed by atoms with Crippen molar-refractivity contribution >= 4 is 66.5 Å². The van der Waals surface area contributed by atoms with Crippen molar-refractivity contribution in [3.8, 4) is 11.1 Å². The van der Waals surface area contributed by atoms with Crippen molar-refractivity contribution in [1.29, 1.82) is 0 Å². The molecule has 0 aromatic heterocycles. The minimum absolute atomic E-state index is 0. The molecule has 0 spiro atoms. The maximum absolute atomic E-state index is 12.4. The van der Waals surface area contributed by atoms with Gasteiger partial charge in [0.2, 0.25) is 0 Å². The number of rotatable bonds is 9. The van der Waals surface area contributed by atoms with Gasteiger partial charge in [0.1, 0.15) is 10.1 Å². The molecule has 0 amide bonds. The van der Waals surface area contributed by atoms with E-state index in [1.165, 1.54) is 6.07 Å². The Balaban J connectivity index is 0.00000221. The minimum Gasteiger partial charge on any atom is -0.744 e. The van der Waals surface area contributed by atoms with Crippen molar-refractivity contribution in [3.05, 3.63) is 121 Å². The average Bonchev–Trinajstić information content (AvgIpc) is 3.01. The SMILES string of the molecule is O=S(=O)([O-])c1cccc2c(-c3ccc(Nc4ccccc4)c4c(SOO[O-])cccc34)ccc(Nc3ccccc3)c12.[K+].[K+]. The fourth-order valence-electron chi connectivity index (χ4n) is 5.11. The first kappa shape index (κ1) is 35.7. The zero-order valence-electron chi connectivity index (χ0n) is 23.8. The maximum atomic E-state index is 12.4. The molecule has 6 aromatic rings. The average molecular weight is 673 g/mol. The van der Waals surface area contributed by atoms with Gasteiger partial charge in [0.25, 0.3) is 0 Å². The summed E-state index contributed by atoms with van der Waals surface area (Å²) in [6.45, 7) is 0. The molecule has 12 heteroatoms. The molecular weight excluding hydrogens is 651 g/mol. The van der Waals surface area contributed by atoms with Gasteiger partial charge in [0, 0.05) is 38.4 Å². The fourth-order valence-corrected chi connectivity index (χ4v) is 6.36. The molecule has 0 bridgehead atoms. The summed E-state index contributed by atoms with van der Waals surface area (Å²) in [7, 11) is -4.81. The van der Waals surface area contributed by atoms with Gasteiger partial charge >= 0.3 is 103 Å². The van der Waals surface area contributed by atoms with E-state index >= 15 is 0 Å². The number of nitrogens with one attached hydrogen (secondary N) is 2. The monoisotopic (exact) mass is 672 g/mol. The van der Waals surface area contributed by atoms with E-state index < -0.39 is 10.1 Å². The van der Waals surface area contributed by atoms with Crippen LogP contribution < -0.4 is 119 Å². The fraction of sp³-hybridized carbons (Fsp3) is 0. The van der Waals surface area contributed by atoms with Gasteiger partial charge in [-0.25, -0.2) is 8.42 Å². The van der Waals surface area contributed by atoms with E-state index in [0.717, 1.165) is 45.4 Å². The van der Waals surface area contributed by atoms with Gasteiger partial charge in [-0.15, -0.1) is 0 Å². The third-order valence-electron chi connectivity index (χ3n) is 6.82. The van der Waals surface area contributed by atoms with Gasteiger partial charge in [0.15, 0.2) is 0 Å². The van der Waals surface area contributed by atoms with Crippen molar-refractivity contribution in [1.82, 2.24) is 0 Å². The van der Waals surface area contributed by atoms with Crippen molar-refractivity contribution < 1.29 is 130 Å². The van der Waals surface area contributed by atoms with E-state index in [2.05, 4.69) is 15.7 Å².